The predicted molar refractivity (Wildman–Crippen MR) is 116 cm³/mol. The van der Waals surface area contributed by atoms with Crippen molar-refractivity contribution < 1.29 is 14.3 Å². The lowest BCUT2D eigenvalue weighted by molar-refractivity contribution is -0.113. The van der Waals surface area contributed by atoms with Crippen LogP contribution in [0.25, 0.3) is 17.0 Å². The highest BCUT2D eigenvalue weighted by Gasteiger charge is 2.32. The number of aromatic amines is 1. The number of nitrogens with one attached hydrogen (secondary N) is 2. The van der Waals surface area contributed by atoms with Crippen molar-refractivity contribution in [1.29, 1.82) is 0 Å². The molecule has 0 aliphatic carbocycles. The Bertz CT molecular complexity index is 1300. The van der Waals surface area contributed by atoms with Crippen LogP contribution in [0.3, 0.4) is 0 Å². The molecule has 0 spiro atoms. The summed E-state index contributed by atoms with van der Waals surface area (Å²) in [5, 5.41) is 7.59. The largest absolute Gasteiger partial charge is 0.493 e. The molecule has 1 aliphatic heterocycles. The predicted octanol–water partition coefficient (Wildman–Crippen LogP) is 2.64. The zero-order chi connectivity index (χ0) is 21.5. The summed E-state index contributed by atoms with van der Waals surface area (Å²) >= 11 is 1.53. The van der Waals surface area contributed by atoms with Crippen LogP contribution in [0.15, 0.2) is 30.9 Å². The second-order valence-electron chi connectivity index (χ2n) is 6.91. The highest BCUT2D eigenvalue weighted by Crippen LogP contribution is 2.45. The van der Waals surface area contributed by atoms with E-state index in [1.807, 2.05) is 25.1 Å². The summed E-state index contributed by atoms with van der Waals surface area (Å²) in [5.41, 5.74) is 3.85. The first-order valence-corrected chi connectivity index (χ1v) is 10.5. The maximum atomic E-state index is 12.6. The lowest BCUT2D eigenvalue weighted by Gasteiger charge is -2.17. The number of ether oxygens (including phenoxy) is 2. The Balaban J connectivity index is 1.70. The number of amides is 1. The van der Waals surface area contributed by atoms with Gasteiger partial charge in [0.2, 0.25) is 5.91 Å². The van der Waals surface area contributed by atoms with Crippen LogP contribution in [0.4, 0.5) is 5.82 Å². The number of rotatable bonds is 4. The summed E-state index contributed by atoms with van der Waals surface area (Å²) in [4.78, 5) is 28.4. The smallest absolute Gasteiger partial charge is 0.235 e. The summed E-state index contributed by atoms with van der Waals surface area (Å²) in [6.45, 7) is 1.92. The van der Waals surface area contributed by atoms with Crippen molar-refractivity contribution in [3.63, 3.8) is 0 Å². The van der Waals surface area contributed by atoms with Crippen molar-refractivity contribution in [2.45, 2.75) is 12.2 Å². The van der Waals surface area contributed by atoms with Crippen LogP contribution in [0, 0.1) is 6.92 Å². The third-order valence-electron chi connectivity index (χ3n) is 5.12. The van der Waals surface area contributed by atoms with Crippen molar-refractivity contribution >= 4 is 34.7 Å². The Morgan fingerprint density at radius 2 is 2.00 bits per heavy atom. The molecule has 0 bridgehead atoms. The number of H-pyrrole nitrogens is 1. The number of hydrogen-bond acceptors (Lipinski definition) is 8. The summed E-state index contributed by atoms with van der Waals surface area (Å²) < 4.78 is 12.5. The minimum atomic E-state index is -0.137. The van der Waals surface area contributed by atoms with Crippen LogP contribution < -0.4 is 14.8 Å². The molecule has 1 amide bonds. The van der Waals surface area contributed by atoms with Gasteiger partial charge in [0.1, 0.15) is 17.7 Å². The summed E-state index contributed by atoms with van der Waals surface area (Å²) in [5.74, 6) is 2.58. The average molecular weight is 437 g/mol. The Morgan fingerprint density at radius 1 is 1.16 bits per heavy atom. The zero-order valence-electron chi connectivity index (χ0n) is 17.0. The molecule has 1 aliphatic rings. The van der Waals surface area contributed by atoms with E-state index >= 15 is 0 Å². The monoisotopic (exact) mass is 437 g/mol. The first kappa shape index (κ1) is 19.4. The molecular weight excluding hydrogens is 418 g/mol. The maximum absolute atomic E-state index is 12.6. The number of imidazole rings is 1. The maximum Gasteiger partial charge on any atom is 0.235 e. The topological polar surface area (TPSA) is 120 Å². The molecule has 10 nitrogen and oxygen atoms in total. The fraction of sp³-hybridized carbons (Fsp3) is 0.250. The van der Waals surface area contributed by atoms with Gasteiger partial charge in [-0.25, -0.2) is 15.0 Å². The molecule has 0 unspecified atom stereocenters. The van der Waals surface area contributed by atoms with Gasteiger partial charge in [0, 0.05) is 5.56 Å². The zero-order valence-corrected chi connectivity index (χ0v) is 17.9. The van der Waals surface area contributed by atoms with Gasteiger partial charge >= 0.3 is 0 Å². The fourth-order valence-corrected chi connectivity index (χ4v) is 4.91. The van der Waals surface area contributed by atoms with E-state index in [9.17, 15) is 4.79 Å². The van der Waals surface area contributed by atoms with Crippen molar-refractivity contribution in [3.8, 4) is 17.3 Å². The molecule has 158 valence electrons. The normalized spacial score (nSPS) is 16.0. The van der Waals surface area contributed by atoms with Crippen LogP contribution in [-0.4, -0.2) is 55.6 Å². The quantitative estimate of drug-likeness (QED) is 0.500. The molecule has 3 aromatic heterocycles. The van der Waals surface area contributed by atoms with Crippen LogP contribution in [0.2, 0.25) is 0 Å². The Hall–Kier alpha value is -3.60. The average Bonchev–Trinajstić information content (AvgIpc) is 3.34. The van der Waals surface area contributed by atoms with E-state index in [1.165, 1.54) is 18.1 Å². The van der Waals surface area contributed by atoms with Gasteiger partial charge in [-0.3, -0.25) is 4.79 Å². The molecule has 0 saturated heterocycles. The number of carbonyl (C=O) groups excluding carboxylic acids is 1. The number of methoxy groups -OCH3 is 2. The molecule has 4 heterocycles. The molecule has 1 atom stereocenters. The van der Waals surface area contributed by atoms with Gasteiger partial charge in [-0.2, -0.15) is 9.78 Å². The van der Waals surface area contributed by atoms with Crippen molar-refractivity contribution in [1.82, 2.24) is 29.7 Å². The number of carbonyl (C=O) groups is 1. The van der Waals surface area contributed by atoms with Crippen molar-refractivity contribution in [2.24, 2.45) is 0 Å². The minimum absolute atomic E-state index is 0.106. The SMILES string of the molecule is COc1ccc([C@H]2SCC(=O)Nc3c2c(C)nn3-c2ncnc3nc[nH]c23)cc1OC. The van der Waals surface area contributed by atoms with Gasteiger partial charge in [0.25, 0.3) is 0 Å². The van der Waals surface area contributed by atoms with E-state index < -0.39 is 0 Å². The second kappa shape index (κ2) is 7.58. The molecule has 31 heavy (non-hydrogen) atoms. The number of aryl methyl sites for hydroxylation is 1. The second-order valence-corrected chi connectivity index (χ2v) is 8.00. The first-order chi connectivity index (χ1) is 15.1. The molecule has 4 aromatic rings. The van der Waals surface area contributed by atoms with Crippen LogP contribution in [0.5, 0.6) is 11.5 Å². The molecular formula is C20H19N7O3S. The number of nitrogens with zero attached hydrogens (tertiary/aromatic N) is 5. The lowest BCUT2D eigenvalue weighted by atomic mass is 10.0. The minimum Gasteiger partial charge on any atom is -0.493 e. The molecule has 0 saturated carbocycles. The van der Waals surface area contributed by atoms with Gasteiger partial charge < -0.3 is 19.8 Å². The highest BCUT2D eigenvalue weighted by atomic mass is 32.2. The number of hydrogen-bond donors (Lipinski definition) is 2. The lowest BCUT2D eigenvalue weighted by Crippen LogP contribution is -2.16. The van der Waals surface area contributed by atoms with Crippen molar-refractivity contribution in [3.05, 3.63) is 47.7 Å². The van der Waals surface area contributed by atoms with E-state index in [4.69, 9.17) is 14.6 Å². The molecule has 0 radical (unpaired) electrons. The first-order valence-electron chi connectivity index (χ1n) is 9.48. The number of aromatic nitrogens is 6. The van der Waals surface area contributed by atoms with Gasteiger partial charge in [-0.05, 0) is 24.6 Å². The van der Waals surface area contributed by atoms with E-state index in [1.54, 1.807) is 25.2 Å². The van der Waals surface area contributed by atoms with Gasteiger partial charge in [0.05, 0.1) is 37.2 Å². The third-order valence-corrected chi connectivity index (χ3v) is 6.39. The number of thioether (sulfide) groups is 1. The van der Waals surface area contributed by atoms with E-state index in [2.05, 4.69) is 25.3 Å². The molecule has 5 rings (SSSR count). The summed E-state index contributed by atoms with van der Waals surface area (Å²) in [6, 6.07) is 5.78. The number of anilines is 1. The molecule has 11 heteroatoms. The number of benzene rings is 1. The van der Waals surface area contributed by atoms with E-state index in [0.29, 0.717) is 40.1 Å². The highest BCUT2D eigenvalue weighted by molar-refractivity contribution is 8.00. The Labute approximate surface area is 181 Å². The van der Waals surface area contributed by atoms with Gasteiger partial charge in [-0.1, -0.05) is 6.07 Å². The number of fused-ring (bicyclic) bond motifs is 2. The fourth-order valence-electron chi connectivity index (χ4n) is 3.73. The van der Waals surface area contributed by atoms with Gasteiger partial charge in [-0.15, -0.1) is 11.8 Å². The third kappa shape index (κ3) is 3.17. The van der Waals surface area contributed by atoms with Crippen LogP contribution >= 0.6 is 11.8 Å². The molecule has 1 aromatic carbocycles. The summed E-state index contributed by atoms with van der Waals surface area (Å²) in [7, 11) is 3.21. The van der Waals surface area contributed by atoms with E-state index in [0.717, 1.165) is 16.8 Å². The van der Waals surface area contributed by atoms with Crippen molar-refractivity contribution in [2.75, 3.05) is 25.3 Å². The van der Waals surface area contributed by atoms with Crippen LogP contribution in [-0.2, 0) is 4.79 Å². The molecule has 0 fully saturated rings. The van der Waals surface area contributed by atoms with Gasteiger partial charge in [0.15, 0.2) is 23.0 Å². The standard InChI is InChI=1S/C20H19N7O3S/c1-10-15-17(11-4-5-12(29-2)13(6-11)30-3)31-7-14(28)25-19(15)27(26-10)20-16-18(22-8-21-16)23-9-24-20/h4-6,8-9,17H,7H2,1-3H3,(H,25,28)(H,21,22,23,24)/t17-/m1/s1. The summed E-state index contributed by atoms with van der Waals surface area (Å²) in [6.07, 6.45) is 2.99. The molecule has 2 N–H and O–H groups in total. The van der Waals surface area contributed by atoms with Crippen LogP contribution in [0.1, 0.15) is 22.1 Å². The Kier molecular flexibility index (Phi) is 4.74. The Morgan fingerprint density at radius 3 is 2.81 bits per heavy atom. The van der Waals surface area contributed by atoms with E-state index in [-0.39, 0.29) is 11.2 Å².